The second-order valence-corrected chi connectivity index (χ2v) is 7.05. The number of rotatable bonds is 4. The summed E-state index contributed by atoms with van der Waals surface area (Å²) >= 11 is 0. The molecule has 1 fully saturated rings. The van der Waals surface area contributed by atoms with Crippen molar-refractivity contribution in [3.63, 3.8) is 0 Å². The van der Waals surface area contributed by atoms with Crippen molar-refractivity contribution in [2.24, 2.45) is 0 Å². The third kappa shape index (κ3) is 4.25. The Labute approximate surface area is 161 Å². The Kier molecular flexibility index (Phi) is 6.01. The predicted molar refractivity (Wildman–Crippen MR) is 108 cm³/mol. The van der Waals surface area contributed by atoms with Gasteiger partial charge in [0, 0.05) is 25.2 Å². The molecule has 0 unspecified atom stereocenters. The molecule has 3 rings (SSSR count). The summed E-state index contributed by atoms with van der Waals surface area (Å²) in [5, 5.41) is 0. The Morgan fingerprint density at radius 2 is 1.70 bits per heavy atom. The molecule has 1 heterocycles. The van der Waals surface area contributed by atoms with E-state index in [0.29, 0.717) is 11.5 Å². The van der Waals surface area contributed by atoms with E-state index in [1.54, 1.807) is 14.2 Å². The molecule has 0 bridgehead atoms. The zero-order chi connectivity index (χ0) is 19.4. The fourth-order valence-corrected chi connectivity index (χ4v) is 3.50. The smallest absolute Gasteiger partial charge is 0.253 e. The van der Waals surface area contributed by atoms with Gasteiger partial charge in [-0.1, -0.05) is 12.1 Å². The van der Waals surface area contributed by atoms with Crippen LogP contribution in [0.2, 0.25) is 0 Å². The van der Waals surface area contributed by atoms with Crippen LogP contribution in [-0.4, -0.2) is 63.2 Å². The Balaban J connectivity index is 1.91. The van der Waals surface area contributed by atoms with E-state index in [1.165, 1.54) is 0 Å². The number of carbonyl (C=O) groups excluding carboxylic acids is 1. The zero-order valence-corrected chi connectivity index (χ0v) is 16.6. The first-order valence-corrected chi connectivity index (χ1v) is 9.34. The van der Waals surface area contributed by atoms with Crippen LogP contribution in [-0.2, 0) is 0 Å². The van der Waals surface area contributed by atoms with Gasteiger partial charge in [-0.2, -0.15) is 0 Å². The molecule has 2 aromatic carbocycles. The second-order valence-electron chi connectivity index (χ2n) is 7.05. The van der Waals surface area contributed by atoms with Crippen molar-refractivity contribution >= 4 is 5.91 Å². The van der Waals surface area contributed by atoms with Crippen molar-refractivity contribution in [3.05, 3.63) is 47.5 Å². The number of carbonyl (C=O) groups is 1. The number of aryl methyl sites for hydroxylation is 1. The molecule has 0 aliphatic carbocycles. The number of methoxy groups -OCH3 is 2. The SMILES string of the molecule is COc1ccc(-c2cc(C(=O)N3CCCN(C)CC3)ccc2C)cc1OC. The average Bonchev–Trinajstić information content (AvgIpc) is 2.91. The molecule has 1 aliphatic rings. The van der Waals surface area contributed by atoms with E-state index in [1.807, 2.05) is 41.3 Å². The highest BCUT2D eigenvalue weighted by atomic mass is 16.5. The van der Waals surface area contributed by atoms with Gasteiger partial charge in [-0.15, -0.1) is 0 Å². The van der Waals surface area contributed by atoms with Gasteiger partial charge in [0.15, 0.2) is 11.5 Å². The minimum atomic E-state index is 0.104. The summed E-state index contributed by atoms with van der Waals surface area (Å²) in [6.45, 7) is 5.59. The number of hydrogen-bond acceptors (Lipinski definition) is 4. The summed E-state index contributed by atoms with van der Waals surface area (Å²) in [7, 11) is 5.36. The van der Waals surface area contributed by atoms with Gasteiger partial charge in [-0.25, -0.2) is 0 Å². The molecule has 27 heavy (non-hydrogen) atoms. The summed E-state index contributed by atoms with van der Waals surface area (Å²) in [5.41, 5.74) is 3.90. The van der Waals surface area contributed by atoms with Crippen LogP contribution in [0.3, 0.4) is 0 Å². The van der Waals surface area contributed by atoms with Crippen LogP contribution in [0.5, 0.6) is 11.5 Å². The first-order chi connectivity index (χ1) is 13.0. The van der Waals surface area contributed by atoms with Crippen LogP contribution in [0.1, 0.15) is 22.3 Å². The van der Waals surface area contributed by atoms with E-state index >= 15 is 0 Å². The second kappa shape index (κ2) is 8.44. The lowest BCUT2D eigenvalue weighted by atomic mass is 9.97. The van der Waals surface area contributed by atoms with Crippen molar-refractivity contribution < 1.29 is 14.3 Å². The fraction of sp³-hybridized carbons (Fsp3) is 0.409. The summed E-state index contributed by atoms with van der Waals surface area (Å²) in [6.07, 6.45) is 1.01. The number of likely N-dealkylation sites (N-methyl/N-ethyl adjacent to an activating group) is 1. The number of benzene rings is 2. The molecule has 0 N–H and O–H groups in total. The Morgan fingerprint density at radius 1 is 0.926 bits per heavy atom. The van der Waals surface area contributed by atoms with E-state index < -0.39 is 0 Å². The van der Waals surface area contributed by atoms with Gasteiger partial charge in [-0.3, -0.25) is 4.79 Å². The van der Waals surface area contributed by atoms with E-state index in [-0.39, 0.29) is 5.91 Å². The molecule has 1 amide bonds. The number of hydrogen-bond donors (Lipinski definition) is 0. The van der Waals surface area contributed by atoms with Gasteiger partial charge in [0.1, 0.15) is 0 Å². The van der Waals surface area contributed by atoms with Crippen molar-refractivity contribution in [3.8, 4) is 22.6 Å². The summed E-state index contributed by atoms with van der Waals surface area (Å²) in [6, 6.07) is 11.8. The highest BCUT2D eigenvalue weighted by Crippen LogP contribution is 2.34. The molecule has 5 nitrogen and oxygen atoms in total. The highest BCUT2D eigenvalue weighted by Gasteiger charge is 2.20. The fourth-order valence-electron chi connectivity index (χ4n) is 3.50. The van der Waals surface area contributed by atoms with E-state index in [9.17, 15) is 4.79 Å². The lowest BCUT2D eigenvalue weighted by molar-refractivity contribution is 0.0763. The highest BCUT2D eigenvalue weighted by molar-refractivity contribution is 5.96. The molecule has 0 atom stereocenters. The molecule has 144 valence electrons. The molecular formula is C22H28N2O3. The maximum absolute atomic E-state index is 13.0. The van der Waals surface area contributed by atoms with Gasteiger partial charge in [0.05, 0.1) is 14.2 Å². The van der Waals surface area contributed by atoms with E-state index in [2.05, 4.69) is 18.9 Å². The number of ether oxygens (including phenoxy) is 2. The van der Waals surface area contributed by atoms with Crippen LogP contribution >= 0.6 is 0 Å². The Hall–Kier alpha value is -2.53. The first kappa shape index (κ1) is 19.2. The molecule has 1 aliphatic heterocycles. The van der Waals surface area contributed by atoms with Crippen LogP contribution in [0.25, 0.3) is 11.1 Å². The molecule has 0 aromatic heterocycles. The van der Waals surface area contributed by atoms with Gasteiger partial charge >= 0.3 is 0 Å². The van der Waals surface area contributed by atoms with Crippen molar-refractivity contribution in [1.29, 1.82) is 0 Å². The third-order valence-electron chi connectivity index (χ3n) is 5.19. The minimum Gasteiger partial charge on any atom is -0.493 e. The van der Waals surface area contributed by atoms with Gasteiger partial charge in [0.25, 0.3) is 5.91 Å². The zero-order valence-electron chi connectivity index (χ0n) is 16.6. The van der Waals surface area contributed by atoms with E-state index in [4.69, 9.17) is 9.47 Å². The topological polar surface area (TPSA) is 42.0 Å². The molecule has 0 radical (unpaired) electrons. The molecular weight excluding hydrogens is 340 g/mol. The van der Waals surface area contributed by atoms with Crippen LogP contribution in [0, 0.1) is 6.92 Å². The molecule has 0 spiro atoms. The van der Waals surface area contributed by atoms with Gasteiger partial charge in [0.2, 0.25) is 0 Å². The van der Waals surface area contributed by atoms with Gasteiger partial charge in [-0.05, 0) is 67.9 Å². The van der Waals surface area contributed by atoms with Crippen molar-refractivity contribution in [1.82, 2.24) is 9.80 Å². The largest absolute Gasteiger partial charge is 0.493 e. The van der Waals surface area contributed by atoms with Crippen LogP contribution in [0.4, 0.5) is 0 Å². The lowest BCUT2D eigenvalue weighted by Gasteiger charge is -2.21. The minimum absolute atomic E-state index is 0.104. The summed E-state index contributed by atoms with van der Waals surface area (Å²) < 4.78 is 10.8. The van der Waals surface area contributed by atoms with E-state index in [0.717, 1.165) is 54.9 Å². The average molecular weight is 368 g/mol. The standard InChI is InChI=1S/C22H28N2O3/c1-16-6-7-18(22(25)24-11-5-10-23(2)12-13-24)14-19(16)17-8-9-20(26-3)21(15-17)27-4/h6-9,14-15H,5,10-13H2,1-4H3. The monoisotopic (exact) mass is 368 g/mol. The third-order valence-corrected chi connectivity index (χ3v) is 5.19. The molecule has 5 heteroatoms. The van der Waals surface area contributed by atoms with Crippen LogP contribution in [0.15, 0.2) is 36.4 Å². The Morgan fingerprint density at radius 3 is 2.44 bits per heavy atom. The molecule has 2 aromatic rings. The first-order valence-electron chi connectivity index (χ1n) is 9.34. The predicted octanol–water partition coefficient (Wildman–Crippen LogP) is 3.46. The molecule has 1 saturated heterocycles. The Bertz CT molecular complexity index is 819. The maximum atomic E-state index is 13.0. The quantitative estimate of drug-likeness (QED) is 0.829. The van der Waals surface area contributed by atoms with Crippen molar-refractivity contribution in [2.75, 3.05) is 47.4 Å². The maximum Gasteiger partial charge on any atom is 0.253 e. The number of amides is 1. The summed E-state index contributed by atoms with van der Waals surface area (Å²) in [4.78, 5) is 17.3. The van der Waals surface area contributed by atoms with Crippen LogP contribution < -0.4 is 9.47 Å². The van der Waals surface area contributed by atoms with Gasteiger partial charge < -0.3 is 19.3 Å². The van der Waals surface area contributed by atoms with Crippen molar-refractivity contribution in [2.45, 2.75) is 13.3 Å². The molecule has 0 saturated carbocycles. The lowest BCUT2D eigenvalue weighted by Crippen LogP contribution is -2.34. The number of nitrogens with zero attached hydrogens (tertiary/aromatic N) is 2. The summed E-state index contributed by atoms with van der Waals surface area (Å²) in [5.74, 6) is 1.48. The normalized spacial score (nSPS) is 15.3.